The molecule has 1 saturated heterocycles. The van der Waals surface area contributed by atoms with Gasteiger partial charge in [0, 0.05) is 17.4 Å². The molecule has 1 heterocycles. The molecule has 2 aromatic rings. The number of thioether (sulfide) groups is 1. The second kappa shape index (κ2) is 8.50. The molecule has 3 nitrogen and oxygen atoms in total. The number of anilines is 1. The van der Waals surface area contributed by atoms with Crippen molar-refractivity contribution in [3.63, 3.8) is 0 Å². The fourth-order valence-corrected chi connectivity index (χ4v) is 3.74. The van der Waals surface area contributed by atoms with Gasteiger partial charge in [-0.05, 0) is 62.0 Å². The number of piperidine rings is 1. The van der Waals surface area contributed by atoms with Crippen molar-refractivity contribution >= 4 is 23.4 Å². The fraction of sp³-hybridized carbons (Fsp3) is 0.350. The number of benzene rings is 2. The lowest BCUT2D eigenvalue weighted by Crippen LogP contribution is -2.37. The number of hydrogen-bond acceptors (Lipinski definition) is 3. The zero-order valence-electron chi connectivity index (χ0n) is 14.4. The molecule has 1 amide bonds. The summed E-state index contributed by atoms with van der Waals surface area (Å²) in [5, 5.41) is 3.08. The molecule has 0 saturated carbocycles. The number of nitrogens with one attached hydrogen (secondary N) is 1. The van der Waals surface area contributed by atoms with Crippen molar-refractivity contribution in [2.45, 2.75) is 24.3 Å². The molecule has 132 valence electrons. The Labute approximate surface area is 152 Å². The van der Waals surface area contributed by atoms with E-state index in [1.165, 1.54) is 12.1 Å². The van der Waals surface area contributed by atoms with E-state index in [0.29, 0.717) is 0 Å². The van der Waals surface area contributed by atoms with Gasteiger partial charge in [-0.3, -0.25) is 9.69 Å². The molecule has 0 unspecified atom stereocenters. The number of para-hydroxylation sites is 1. The normalized spacial score (nSPS) is 15.9. The second-order valence-electron chi connectivity index (χ2n) is 6.37. The number of nitrogens with zero attached hydrogens (tertiary/aromatic N) is 1. The van der Waals surface area contributed by atoms with Gasteiger partial charge in [-0.2, -0.15) is 0 Å². The van der Waals surface area contributed by atoms with Crippen molar-refractivity contribution in [3.05, 3.63) is 59.9 Å². The van der Waals surface area contributed by atoms with Gasteiger partial charge in [0.25, 0.3) is 0 Å². The highest BCUT2D eigenvalue weighted by molar-refractivity contribution is 7.98. The molecule has 0 aliphatic carbocycles. The Morgan fingerprint density at radius 2 is 1.84 bits per heavy atom. The monoisotopic (exact) mass is 358 g/mol. The molecule has 2 aromatic carbocycles. The van der Waals surface area contributed by atoms with E-state index in [2.05, 4.69) is 10.2 Å². The van der Waals surface area contributed by atoms with Crippen molar-refractivity contribution in [1.82, 2.24) is 4.90 Å². The van der Waals surface area contributed by atoms with E-state index >= 15 is 0 Å². The van der Waals surface area contributed by atoms with Crippen molar-refractivity contribution in [2.75, 3.05) is 24.7 Å². The number of halogens is 1. The lowest BCUT2D eigenvalue weighted by atomic mass is 9.95. The number of carbonyl (C=O) groups excluding carboxylic acids is 1. The molecular formula is C20H23FN2OS. The molecule has 3 rings (SSSR count). The first-order valence-electron chi connectivity index (χ1n) is 8.56. The Bertz CT molecular complexity index is 712. The van der Waals surface area contributed by atoms with Gasteiger partial charge in [-0.1, -0.05) is 24.3 Å². The SMILES string of the molecule is CSc1ccccc1NC(=O)C1CCN(Cc2ccc(F)cc2)CC1. The predicted molar refractivity (Wildman–Crippen MR) is 101 cm³/mol. The number of carbonyl (C=O) groups is 1. The molecule has 25 heavy (non-hydrogen) atoms. The minimum absolute atomic E-state index is 0.0550. The average molecular weight is 358 g/mol. The first-order chi connectivity index (χ1) is 12.2. The van der Waals surface area contributed by atoms with Gasteiger partial charge in [0.05, 0.1) is 5.69 Å². The lowest BCUT2D eigenvalue weighted by Gasteiger charge is -2.31. The summed E-state index contributed by atoms with van der Waals surface area (Å²) in [5.41, 5.74) is 2.01. The van der Waals surface area contributed by atoms with Gasteiger partial charge in [0.1, 0.15) is 5.82 Å². The Morgan fingerprint density at radius 3 is 2.52 bits per heavy atom. The molecule has 5 heteroatoms. The van der Waals surface area contributed by atoms with E-state index in [0.717, 1.165) is 48.6 Å². The van der Waals surface area contributed by atoms with Crippen LogP contribution in [-0.4, -0.2) is 30.2 Å². The third kappa shape index (κ3) is 4.83. The molecule has 0 aromatic heterocycles. The summed E-state index contributed by atoms with van der Waals surface area (Å²) in [6.45, 7) is 2.59. The largest absolute Gasteiger partial charge is 0.325 e. The highest BCUT2D eigenvalue weighted by Gasteiger charge is 2.25. The quantitative estimate of drug-likeness (QED) is 0.804. The minimum atomic E-state index is -0.204. The van der Waals surface area contributed by atoms with Gasteiger partial charge in [0.2, 0.25) is 5.91 Å². The highest BCUT2D eigenvalue weighted by atomic mass is 32.2. The second-order valence-corrected chi connectivity index (χ2v) is 7.21. The van der Waals surface area contributed by atoms with E-state index in [4.69, 9.17) is 0 Å². The van der Waals surface area contributed by atoms with Gasteiger partial charge >= 0.3 is 0 Å². The first-order valence-corrected chi connectivity index (χ1v) is 9.79. The summed E-state index contributed by atoms with van der Waals surface area (Å²) in [7, 11) is 0. The Hall–Kier alpha value is -1.85. The third-order valence-electron chi connectivity index (χ3n) is 4.64. The third-order valence-corrected chi connectivity index (χ3v) is 5.44. The van der Waals surface area contributed by atoms with Crippen LogP contribution in [0.1, 0.15) is 18.4 Å². The molecule has 0 spiro atoms. The zero-order valence-corrected chi connectivity index (χ0v) is 15.2. The van der Waals surface area contributed by atoms with Crippen molar-refractivity contribution < 1.29 is 9.18 Å². The minimum Gasteiger partial charge on any atom is -0.325 e. The number of hydrogen-bond donors (Lipinski definition) is 1. The van der Waals surface area contributed by atoms with Gasteiger partial charge < -0.3 is 5.32 Å². The molecule has 1 N–H and O–H groups in total. The summed E-state index contributed by atoms with van der Waals surface area (Å²) in [6, 6.07) is 14.5. The summed E-state index contributed by atoms with van der Waals surface area (Å²) in [6.07, 6.45) is 3.72. The van der Waals surface area contributed by atoms with Crippen LogP contribution in [0.15, 0.2) is 53.4 Å². The molecule has 0 bridgehead atoms. The Balaban J connectivity index is 1.51. The van der Waals surface area contributed by atoms with Crippen LogP contribution in [0.2, 0.25) is 0 Å². The van der Waals surface area contributed by atoms with Gasteiger partial charge in [-0.15, -0.1) is 11.8 Å². The first kappa shape index (κ1) is 18.0. The molecule has 1 aliphatic heterocycles. The van der Waals surface area contributed by atoms with Crippen LogP contribution in [0.4, 0.5) is 10.1 Å². The zero-order chi connectivity index (χ0) is 17.6. The van der Waals surface area contributed by atoms with E-state index < -0.39 is 0 Å². The van der Waals surface area contributed by atoms with Gasteiger partial charge in [-0.25, -0.2) is 4.39 Å². The topological polar surface area (TPSA) is 32.3 Å². The molecule has 0 atom stereocenters. The van der Waals surface area contributed by atoms with Crippen LogP contribution in [0.25, 0.3) is 0 Å². The van der Waals surface area contributed by atoms with Crippen LogP contribution in [0, 0.1) is 11.7 Å². The maximum atomic E-state index is 13.0. The Kier molecular flexibility index (Phi) is 6.10. The van der Waals surface area contributed by atoms with Crippen LogP contribution in [0.3, 0.4) is 0 Å². The summed E-state index contributed by atoms with van der Waals surface area (Å²) >= 11 is 1.64. The number of likely N-dealkylation sites (tertiary alicyclic amines) is 1. The van der Waals surface area contributed by atoms with Crippen LogP contribution >= 0.6 is 11.8 Å². The maximum absolute atomic E-state index is 13.0. The molecule has 1 aliphatic rings. The van der Waals surface area contributed by atoms with Crippen LogP contribution in [-0.2, 0) is 11.3 Å². The summed E-state index contributed by atoms with van der Waals surface area (Å²) < 4.78 is 13.0. The van der Waals surface area contributed by atoms with Gasteiger partial charge in [0.15, 0.2) is 0 Å². The number of amides is 1. The van der Waals surface area contributed by atoms with E-state index in [9.17, 15) is 9.18 Å². The molecule has 0 radical (unpaired) electrons. The standard InChI is InChI=1S/C20H23FN2OS/c1-25-19-5-3-2-4-18(19)22-20(24)16-10-12-23(13-11-16)14-15-6-8-17(21)9-7-15/h2-9,16H,10-14H2,1H3,(H,22,24). The maximum Gasteiger partial charge on any atom is 0.227 e. The van der Waals surface area contributed by atoms with Crippen molar-refractivity contribution in [1.29, 1.82) is 0 Å². The predicted octanol–water partition coefficient (Wildman–Crippen LogP) is 4.40. The smallest absolute Gasteiger partial charge is 0.227 e. The van der Waals surface area contributed by atoms with E-state index in [-0.39, 0.29) is 17.6 Å². The number of rotatable bonds is 5. The summed E-state index contributed by atoms with van der Waals surface area (Å²) in [5.74, 6) is -0.0352. The molecular weight excluding hydrogens is 335 g/mol. The van der Waals surface area contributed by atoms with E-state index in [1.807, 2.05) is 42.7 Å². The molecule has 1 fully saturated rings. The average Bonchev–Trinajstić information content (AvgIpc) is 2.64. The van der Waals surface area contributed by atoms with Crippen LogP contribution in [0.5, 0.6) is 0 Å². The fourth-order valence-electron chi connectivity index (χ4n) is 3.18. The Morgan fingerprint density at radius 1 is 1.16 bits per heavy atom. The highest BCUT2D eigenvalue weighted by Crippen LogP contribution is 2.27. The van der Waals surface area contributed by atoms with E-state index in [1.54, 1.807) is 11.8 Å². The van der Waals surface area contributed by atoms with Crippen molar-refractivity contribution in [2.24, 2.45) is 5.92 Å². The summed E-state index contributed by atoms with van der Waals surface area (Å²) in [4.78, 5) is 16.0. The van der Waals surface area contributed by atoms with Crippen LogP contribution < -0.4 is 5.32 Å². The van der Waals surface area contributed by atoms with Crippen molar-refractivity contribution in [3.8, 4) is 0 Å². The lowest BCUT2D eigenvalue weighted by molar-refractivity contribution is -0.121.